The first-order chi connectivity index (χ1) is 15.4. The van der Waals surface area contributed by atoms with Crippen molar-refractivity contribution in [2.24, 2.45) is 39.5 Å². The molecule has 1 aromatic rings. The summed E-state index contributed by atoms with van der Waals surface area (Å²) in [6, 6.07) is 7.86. The predicted molar refractivity (Wildman–Crippen MR) is 129 cm³/mol. The summed E-state index contributed by atoms with van der Waals surface area (Å²) in [6.07, 6.45) is 12.1. The quantitative estimate of drug-likeness (QED) is 0.524. The van der Waals surface area contributed by atoms with Gasteiger partial charge in [-0.05, 0) is 104 Å². The molecule has 0 amide bonds. The number of aliphatic hydroxyl groups is 1. The smallest absolute Gasteiger partial charge is 0.216 e. The lowest BCUT2D eigenvalue weighted by Crippen LogP contribution is -2.51. The predicted octanol–water partition coefficient (Wildman–Crippen LogP) is 6.43. The van der Waals surface area contributed by atoms with Crippen molar-refractivity contribution in [3.8, 4) is 0 Å². The Hall–Kier alpha value is -1.32. The van der Waals surface area contributed by atoms with Crippen molar-refractivity contribution in [2.75, 3.05) is 6.54 Å². The van der Waals surface area contributed by atoms with Crippen LogP contribution in [0.3, 0.4) is 0 Å². The van der Waals surface area contributed by atoms with Gasteiger partial charge in [0.15, 0.2) is 0 Å². The lowest BCUT2D eigenvalue weighted by atomic mass is 9.47. The van der Waals surface area contributed by atoms with Gasteiger partial charge in [0, 0.05) is 16.5 Å². The molecule has 8 atom stereocenters. The van der Waals surface area contributed by atoms with E-state index in [1.165, 1.54) is 32.1 Å². The lowest BCUT2D eigenvalue weighted by molar-refractivity contribution is -0.0646. The second-order valence-electron chi connectivity index (χ2n) is 11.7. The molecule has 32 heavy (non-hydrogen) atoms. The topological polar surface area (TPSA) is 41.8 Å². The summed E-state index contributed by atoms with van der Waals surface area (Å²) in [5.74, 6) is 3.76. The average molecular weight is 454 g/mol. The minimum atomic E-state index is -0.120. The lowest BCUT2D eigenvalue weighted by Gasteiger charge is -2.58. The minimum Gasteiger partial charge on any atom is -0.472 e. The highest BCUT2D eigenvalue weighted by Crippen LogP contribution is 2.66. The molecule has 1 aliphatic heterocycles. The van der Waals surface area contributed by atoms with E-state index in [1.54, 1.807) is 5.57 Å². The molecule has 1 heterocycles. The molecule has 1 aromatic carbocycles. The number of aliphatic hydroxyl groups excluding tert-OH is 1. The van der Waals surface area contributed by atoms with Crippen LogP contribution in [0.25, 0.3) is 0 Å². The molecule has 3 fully saturated rings. The molecular weight excluding hydrogens is 418 g/mol. The fourth-order valence-electron chi connectivity index (χ4n) is 8.65. The number of hydrogen-bond donors (Lipinski definition) is 1. The number of nitrogens with zero attached hydrogens (tertiary/aromatic N) is 1. The highest BCUT2D eigenvalue weighted by atomic mass is 35.5. The van der Waals surface area contributed by atoms with E-state index in [2.05, 4.69) is 19.9 Å². The Kier molecular flexibility index (Phi) is 5.04. The van der Waals surface area contributed by atoms with Crippen molar-refractivity contribution in [3.05, 3.63) is 46.5 Å². The van der Waals surface area contributed by atoms with Crippen LogP contribution >= 0.6 is 11.6 Å². The summed E-state index contributed by atoms with van der Waals surface area (Å²) in [4.78, 5) is 4.80. The molecule has 0 saturated heterocycles. The Morgan fingerprint density at radius 1 is 1.00 bits per heavy atom. The van der Waals surface area contributed by atoms with E-state index in [0.29, 0.717) is 16.7 Å². The number of hydrogen-bond acceptors (Lipinski definition) is 3. The van der Waals surface area contributed by atoms with Gasteiger partial charge >= 0.3 is 0 Å². The average Bonchev–Trinajstić information content (AvgIpc) is 3.39. The minimum absolute atomic E-state index is 0.120. The largest absolute Gasteiger partial charge is 0.472 e. The second-order valence-corrected chi connectivity index (χ2v) is 12.1. The van der Waals surface area contributed by atoms with Crippen LogP contribution in [0.2, 0.25) is 5.02 Å². The molecule has 0 bridgehead atoms. The Morgan fingerprint density at radius 3 is 2.59 bits per heavy atom. The van der Waals surface area contributed by atoms with Crippen molar-refractivity contribution in [2.45, 2.75) is 77.4 Å². The number of benzene rings is 1. The summed E-state index contributed by atoms with van der Waals surface area (Å²) in [5.41, 5.74) is 3.27. The SMILES string of the molecule is C[C@]12CC[C@H]3[C@@H](CC=C4C[C@@H](O)CC[C@@]43C)[C@@H]1CC[C@@H]2[C@@H]1CN=C(c2ccc(Cl)cc2)O1. The second kappa shape index (κ2) is 7.60. The summed E-state index contributed by atoms with van der Waals surface area (Å²) in [6.45, 7) is 5.88. The summed E-state index contributed by atoms with van der Waals surface area (Å²) >= 11 is 6.06. The molecule has 4 aliphatic carbocycles. The maximum atomic E-state index is 10.3. The standard InChI is InChI=1S/C28H36ClNO2/c1-27-13-11-20(31)15-18(27)5-8-21-22-9-10-24(28(22,2)14-12-23(21)27)25-16-30-26(32-25)17-3-6-19(29)7-4-17/h3-7,20-25,31H,8-16H2,1-2H3/t20-,21-,22-,23-,24+,25-,27-,28-/m0/s1. The van der Waals surface area contributed by atoms with Gasteiger partial charge in [-0.3, -0.25) is 0 Å². The summed E-state index contributed by atoms with van der Waals surface area (Å²) in [5, 5.41) is 11.0. The van der Waals surface area contributed by atoms with Crippen LogP contribution in [0.4, 0.5) is 0 Å². The van der Waals surface area contributed by atoms with Gasteiger partial charge in [0.1, 0.15) is 6.10 Å². The van der Waals surface area contributed by atoms with Gasteiger partial charge in [0.2, 0.25) is 5.90 Å². The zero-order chi connectivity index (χ0) is 22.1. The van der Waals surface area contributed by atoms with E-state index >= 15 is 0 Å². The summed E-state index contributed by atoms with van der Waals surface area (Å²) in [7, 11) is 0. The van der Waals surface area contributed by atoms with Crippen LogP contribution in [-0.2, 0) is 4.74 Å². The molecule has 0 aromatic heterocycles. The van der Waals surface area contributed by atoms with Gasteiger partial charge in [0.05, 0.1) is 12.6 Å². The van der Waals surface area contributed by atoms with Crippen molar-refractivity contribution in [1.29, 1.82) is 0 Å². The van der Waals surface area contributed by atoms with Crippen LogP contribution in [0, 0.1) is 34.5 Å². The maximum Gasteiger partial charge on any atom is 0.216 e. The first-order valence-electron chi connectivity index (χ1n) is 12.7. The van der Waals surface area contributed by atoms with Crippen molar-refractivity contribution >= 4 is 17.5 Å². The van der Waals surface area contributed by atoms with E-state index in [-0.39, 0.29) is 12.2 Å². The number of ether oxygens (including phenoxy) is 1. The fourth-order valence-corrected chi connectivity index (χ4v) is 8.77. The van der Waals surface area contributed by atoms with Crippen molar-refractivity contribution < 1.29 is 9.84 Å². The van der Waals surface area contributed by atoms with Crippen molar-refractivity contribution in [3.63, 3.8) is 0 Å². The molecule has 172 valence electrons. The fraction of sp³-hybridized carbons (Fsp3) is 0.679. The first-order valence-corrected chi connectivity index (χ1v) is 13.1. The zero-order valence-electron chi connectivity index (χ0n) is 19.4. The van der Waals surface area contributed by atoms with Crippen LogP contribution in [0.15, 0.2) is 40.9 Å². The molecule has 3 saturated carbocycles. The van der Waals surface area contributed by atoms with Gasteiger partial charge < -0.3 is 9.84 Å². The molecule has 1 N–H and O–H groups in total. The van der Waals surface area contributed by atoms with Gasteiger partial charge in [-0.2, -0.15) is 0 Å². The molecule has 0 spiro atoms. The van der Waals surface area contributed by atoms with Gasteiger partial charge in [-0.15, -0.1) is 0 Å². The summed E-state index contributed by atoms with van der Waals surface area (Å²) < 4.78 is 6.51. The molecule has 3 nitrogen and oxygen atoms in total. The van der Waals surface area contributed by atoms with Crippen LogP contribution in [0.1, 0.15) is 70.8 Å². The molecule has 6 rings (SSSR count). The van der Waals surface area contributed by atoms with E-state index in [1.807, 2.05) is 24.3 Å². The highest BCUT2D eigenvalue weighted by Gasteiger charge is 2.60. The molecule has 0 unspecified atom stereocenters. The molecular formula is C28H36ClNO2. The van der Waals surface area contributed by atoms with Gasteiger partial charge in [-0.1, -0.05) is 37.1 Å². The number of allylic oxidation sites excluding steroid dienone is 1. The molecule has 5 aliphatic rings. The van der Waals surface area contributed by atoms with Crippen molar-refractivity contribution in [1.82, 2.24) is 0 Å². The Balaban J connectivity index is 1.21. The first kappa shape index (κ1) is 21.2. The number of halogens is 1. The van der Waals surface area contributed by atoms with E-state index in [0.717, 1.165) is 60.0 Å². The third-order valence-electron chi connectivity index (χ3n) is 10.4. The maximum absolute atomic E-state index is 10.3. The molecule has 4 heteroatoms. The third-order valence-corrected chi connectivity index (χ3v) is 10.6. The Labute approximate surface area is 197 Å². The number of rotatable bonds is 2. The monoisotopic (exact) mass is 453 g/mol. The number of fused-ring (bicyclic) bond motifs is 5. The Bertz CT molecular complexity index is 955. The number of aliphatic imine (C=N–C) groups is 1. The van der Waals surface area contributed by atoms with E-state index in [4.69, 9.17) is 21.3 Å². The van der Waals surface area contributed by atoms with Gasteiger partial charge in [0.25, 0.3) is 0 Å². The van der Waals surface area contributed by atoms with Crippen LogP contribution in [0.5, 0.6) is 0 Å². The normalized spacial score (nSPS) is 45.2. The Morgan fingerprint density at radius 2 is 1.78 bits per heavy atom. The third kappa shape index (κ3) is 3.14. The van der Waals surface area contributed by atoms with E-state index in [9.17, 15) is 5.11 Å². The van der Waals surface area contributed by atoms with Crippen LogP contribution in [-0.4, -0.2) is 29.8 Å². The highest BCUT2D eigenvalue weighted by molar-refractivity contribution is 6.30. The van der Waals surface area contributed by atoms with E-state index < -0.39 is 0 Å². The zero-order valence-corrected chi connectivity index (χ0v) is 20.2. The van der Waals surface area contributed by atoms with Gasteiger partial charge in [-0.25, -0.2) is 4.99 Å². The molecule has 0 radical (unpaired) electrons. The van der Waals surface area contributed by atoms with Crippen LogP contribution < -0.4 is 0 Å².